The number of pyridine rings is 1. The fraction of sp³-hybridized carbons (Fsp3) is 0.235. The second-order valence-corrected chi connectivity index (χ2v) is 5.21. The molecular formula is C17H16F3N3O2. The highest BCUT2D eigenvalue weighted by Gasteiger charge is 2.33. The van der Waals surface area contributed by atoms with Gasteiger partial charge >= 0.3 is 6.18 Å². The number of aryl methyl sites for hydroxylation is 1. The van der Waals surface area contributed by atoms with E-state index in [1.807, 2.05) is 0 Å². The molecule has 0 bridgehead atoms. The maximum absolute atomic E-state index is 12.6. The molecule has 0 aliphatic carbocycles. The molecule has 8 heteroatoms. The van der Waals surface area contributed by atoms with Gasteiger partial charge in [-0.2, -0.15) is 13.2 Å². The molecule has 0 fully saturated rings. The number of halogens is 3. The van der Waals surface area contributed by atoms with Gasteiger partial charge in [-0.15, -0.1) is 0 Å². The zero-order valence-electron chi connectivity index (χ0n) is 13.4. The van der Waals surface area contributed by atoms with Crippen molar-refractivity contribution in [2.24, 2.45) is 0 Å². The summed E-state index contributed by atoms with van der Waals surface area (Å²) in [4.78, 5) is 27.2. The van der Waals surface area contributed by atoms with Gasteiger partial charge in [-0.05, 0) is 31.2 Å². The summed E-state index contributed by atoms with van der Waals surface area (Å²) in [7, 11) is 0. The molecule has 1 aromatic carbocycles. The smallest absolute Gasteiger partial charge is 0.350 e. The molecule has 1 heterocycles. The number of amides is 2. The first-order valence-corrected chi connectivity index (χ1v) is 7.45. The number of hydrogen-bond acceptors (Lipinski definition) is 3. The number of carbonyl (C=O) groups excluding carboxylic acids is 2. The van der Waals surface area contributed by atoms with E-state index in [0.29, 0.717) is 5.56 Å². The van der Waals surface area contributed by atoms with Gasteiger partial charge in [-0.3, -0.25) is 9.59 Å². The van der Waals surface area contributed by atoms with Crippen LogP contribution in [0.2, 0.25) is 0 Å². The van der Waals surface area contributed by atoms with E-state index in [4.69, 9.17) is 0 Å². The first kappa shape index (κ1) is 18.4. The van der Waals surface area contributed by atoms with Gasteiger partial charge in [-0.1, -0.05) is 18.2 Å². The lowest BCUT2D eigenvalue weighted by Gasteiger charge is -2.11. The number of alkyl halides is 3. The Morgan fingerprint density at radius 2 is 1.56 bits per heavy atom. The number of benzene rings is 1. The van der Waals surface area contributed by atoms with Crippen LogP contribution in [-0.4, -0.2) is 29.9 Å². The van der Waals surface area contributed by atoms with E-state index in [2.05, 4.69) is 15.6 Å². The average molecular weight is 351 g/mol. The second kappa shape index (κ2) is 7.78. The molecular weight excluding hydrogens is 335 g/mol. The summed E-state index contributed by atoms with van der Waals surface area (Å²) < 4.78 is 37.7. The zero-order valence-corrected chi connectivity index (χ0v) is 13.4. The molecule has 2 aromatic rings. The molecule has 2 rings (SSSR count). The largest absolute Gasteiger partial charge is 0.433 e. The highest BCUT2D eigenvalue weighted by Crippen LogP contribution is 2.28. The van der Waals surface area contributed by atoms with Crippen LogP contribution in [0.3, 0.4) is 0 Å². The van der Waals surface area contributed by atoms with Gasteiger partial charge in [0.15, 0.2) is 0 Å². The SMILES string of the molecule is Cc1nc(C(F)(F)F)ccc1C(=O)NCCNC(=O)c1ccccc1. The molecule has 25 heavy (non-hydrogen) atoms. The van der Waals surface area contributed by atoms with Gasteiger partial charge in [-0.25, -0.2) is 4.98 Å². The Labute approximate surface area is 142 Å². The van der Waals surface area contributed by atoms with Gasteiger partial charge in [0, 0.05) is 18.7 Å². The summed E-state index contributed by atoms with van der Waals surface area (Å²) in [6.45, 7) is 1.66. The molecule has 0 saturated carbocycles. The average Bonchev–Trinajstić information content (AvgIpc) is 2.58. The van der Waals surface area contributed by atoms with Gasteiger partial charge in [0.2, 0.25) is 0 Å². The summed E-state index contributed by atoms with van der Waals surface area (Å²) in [6, 6.07) is 10.4. The van der Waals surface area contributed by atoms with Gasteiger partial charge in [0.25, 0.3) is 11.8 Å². The summed E-state index contributed by atoms with van der Waals surface area (Å²) in [5.41, 5.74) is -0.503. The third-order valence-corrected chi connectivity index (χ3v) is 3.35. The molecule has 5 nitrogen and oxygen atoms in total. The molecule has 132 valence electrons. The van der Waals surface area contributed by atoms with Gasteiger partial charge < -0.3 is 10.6 Å². The maximum Gasteiger partial charge on any atom is 0.433 e. The van der Waals surface area contributed by atoms with Crippen molar-refractivity contribution < 1.29 is 22.8 Å². The quantitative estimate of drug-likeness (QED) is 0.814. The van der Waals surface area contributed by atoms with Crippen LogP contribution in [0.25, 0.3) is 0 Å². The minimum atomic E-state index is -4.55. The van der Waals surface area contributed by atoms with Crippen molar-refractivity contribution in [3.05, 3.63) is 65.0 Å². The molecule has 0 atom stereocenters. The molecule has 0 saturated heterocycles. The summed E-state index contributed by atoms with van der Waals surface area (Å²) in [5.74, 6) is -0.824. The summed E-state index contributed by atoms with van der Waals surface area (Å²) in [5, 5.41) is 5.16. The van der Waals surface area contributed by atoms with Crippen LogP contribution in [0, 0.1) is 6.92 Å². The summed E-state index contributed by atoms with van der Waals surface area (Å²) >= 11 is 0. The Hall–Kier alpha value is -2.90. The Morgan fingerprint density at radius 1 is 0.960 bits per heavy atom. The van der Waals surface area contributed by atoms with Crippen LogP contribution in [0.5, 0.6) is 0 Å². The van der Waals surface area contributed by atoms with Crippen molar-refractivity contribution in [3.63, 3.8) is 0 Å². The minimum absolute atomic E-state index is 0.0133. The fourth-order valence-electron chi connectivity index (χ4n) is 2.10. The molecule has 0 radical (unpaired) electrons. The monoisotopic (exact) mass is 351 g/mol. The third-order valence-electron chi connectivity index (χ3n) is 3.35. The molecule has 0 aliphatic heterocycles. The van der Waals surface area contributed by atoms with E-state index in [-0.39, 0.29) is 30.3 Å². The predicted molar refractivity (Wildman–Crippen MR) is 85.1 cm³/mol. The minimum Gasteiger partial charge on any atom is -0.350 e. The van der Waals surface area contributed by atoms with E-state index in [1.54, 1.807) is 30.3 Å². The van der Waals surface area contributed by atoms with Crippen LogP contribution in [-0.2, 0) is 6.18 Å². The van der Waals surface area contributed by atoms with Crippen molar-refractivity contribution in [1.29, 1.82) is 0 Å². The van der Waals surface area contributed by atoms with Crippen LogP contribution >= 0.6 is 0 Å². The number of aromatic nitrogens is 1. The molecule has 1 aromatic heterocycles. The molecule has 2 N–H and O–H groups in total. The van der Waals surface area contributed by atoms with Crippen LogP contribution < -0.4 is 10.6 Å². The number of carbonyl (C=O) groups is 2. The van der Waals surface area contributed by atoms with Crippen molar-refractivity contribution >= 4 is 11.8 Å². The van der Waals surface area contributed by atoms with E-state index >= 15 is 0 Å². The standard InChI is InChI=1S/C17H16F3N3O2/c1-11-13(7-8-14(23-11)17(18,19)20)16(25)22-10-9-21-15(24)12-5-3-2-4-6-12/h2-8H,9-10H2,1H3,(H,21,24)(H,22,25). The topological polar surface area (TPSA) is 71.1 Å². The van der Waals surface area contributed by atoms with E-state index in [1.165, 1.54) is 6.92 Å². The van der Waals surface area contributed by atoms with E-state index in [9.17, 15) is 22.8 Å². The summed E-state index contributed by atoms with van der Waals surface area (Å²) in [6.07, 6.45) is -4.55. The first-order chi connectivity index (χ1) is 11.8. The lowest BCUT2D eigenvalue weighted by Crippen LogP contribution is -2.35. The van der Waals surface area contributed by atoms with Crippen LogP contribution in [0.15, 0.2) is 42.5 Å². The molecule has 0 spiro atoms. The Balaban J connectivity index is 1.85. The van der Waals surface area contributed by atoms with Crippen molar-refractivity contribution in [1.82, 2.24) is 15.6 Å². The third kappa shape index (κ3) is 5.03. The number of nitrogens with zero attached hydrogens (tertiary/aromatic N) is 1. The van der Waals surface area contributed by atoms with Crippen molar-refractivity contribution in [2.45, 2.75) is 13.1 Å². The van der Waals surface area contributed by atoms with Crippen molar-refractivity contribution in [2.75, 3.05) is 13.1 Å². The molecule has 0 unspecified atom stereocenters. The molecule has 2 amide bonds. The number of nitrogens with one attached hydrogen (secondary N) is 2. The Bertz CT molecular complexity index is 761. The highest BCUT2D eigenvalue weighted by molar-refractivity contribution is 5.95. The highest BCUT2D eigenvalue weighted by atomic mass is 19.4. The van der Waals surface area contributed by atoms with Crippen molar-refractivity contribution in [3.8, 4) is 0 Å². The van der Waals surface area contributed by atoms with Crippen LogP contribution in [0.1, 0.15) is 32.1 Å². The Kier molecular flexibility index (Phi) is 5.74. The number of rotatable bonds is 5. The zero-order chi connectivity index (χ0) is 18.4. The normalized spacial score (nSPS) is 11.0. The van der Waals surface area contributed by atoms with E-state index < -0.39 is 17.8 Å². The van der Waals surface area contributed by atoms with Gasteiger partial charge in [0.1, 0.15) is 5.69 Å². The van der Waals surface area contributed by atoms with Crippen LogP contribution in [0.4, 0.5) is 13.2 Å². The lowest BCUT2D eigenvalue weighted by atomic mass is 10.1. The number of hydrogen-bond donors (Lipinski definition) is 2. The second-order valence-electron chi connectivity index (χ2n) is 5.21. The maximum atomic E-state index is 12.6. The lowest BCUT2D eigenvalue weighted by molar-refractivity contribution is -0.141. The van der Waals surface area contributed by atoms with Gasteiger partial charge in [0.05, 0.1) is 11.3 Å². The Morgan fingerprint density at radius 3 is 2.12 bits per heavy atom. The fourth-order valence-corrected chi connectivity index (χ4v) is 2.10. The molecule has 0 aliphatic rings. The predicted octanol–water partition coefficient (Wildman–Crippen LogP) is 2.57. The first-order valence-electron chi connectivity index (χ1n) is 7.45. The van der Waals surface area contributed by atoms with E-state index in [0.717, 1.165) is 12.1 Å².